The predicted octanol–water partition coefficient (Wildman–Crippen LogP) is 1.77. The topological polar surface area (TPSA) is 75.8 Å². The van der Waals surface area contributed by atoms with Gasteiger partial charge in [-0.3, -0.25) is 4.79 Å². The molecule has 1 aliphatic rings. The lowest BCUT2D eigenvalue weighted by molar-refractivity contribution is 0.0673. The number of nitrogens with zero attached hydrogens (tertiary/aromatic N) is 2. The lowest BCUT2D eigenvalue weighted by Crippen LogP contribution is -2.31. The summed E-state index contributed by atoms with van der Waals surface area (Å²) in [7, 11) is 1.42. The van der Waals surface area contributed by atoms with Gasteiger partial charge in [-0.25, -0.2) is 4.39 Å². The summed E-state index contributed by atoms with van der Waals surface area (Å²) in [4.78, 5) is 14.0. The fourth-order valence-electron chi connectivity index (χ4n) is 2.67. The van der Waals surface area contributed by atoms with Crippen molar-refractivity contribution >= 4 is 5.91 Å². The summed E-state index contributed by atoms with van der Waals surface area (Å²) in [6.45, 7) is 0.156. The average Bonchev–Trinajstić information content (AvgIpc) is 3.13. The molecule has 0 spiro atoms. The molecule has 0 bridgehead atoms. The van der Waals surface area contributed by atoms with Crippen molar-refractivity contribution in [1.82, 2.24) is 10.1 Å². The number of carbonyl (C=O) groups excluding carboxylic acids is 1. The number of methoxy groups -OCH3 is 1. The van der Waals surface area contributed by atoms with Gasteiger partial charge in [0.1, 0.15) is 5.82 Å². The molecule has 2 atom stereocenters. The lowest BCUT2D eigenvalue weighted by atomic mass is 10.0. The monoisotopic (exact) mass is 306 g/mol. The predicted molar refractivity (Wildman–Crippen MR) is 73.9 cm³/mol. The van der Waals surface area contributed by atoms with E-state index in [2.05, 4.69) is 5.16 Å². The summed E-state index contributed by atoms with van der Waals surface area (Å²) in [6.07, 6.45) is -0.317. The number of rotatable bonds is 3. The van der Waals surface area contributed by atoms with E-state index in [1.165, 1.54) is 30.2 Å². The normalized spacial score (nSPS) is 21.1. The highest BCUT2D eigenvalue weighted by Crippen LogP contribution is 2.34. The van der Waals surface area contributed by atoms with Crippen LogP contribution in [0.5, 0.6) is 5.88 Å². The van der Waals surface area contributed by atoms with Gasteiger partial charge in [-0.15, -0.1) is 0 Å². The summed E-state index contributed by atoms with van der Waals surface area (Å²) >= 11 is 0. The SMILES string of the molecule is COc1cc(C(=O)N2C[C@H](O)C[C@H]2c2cccc(F)c2)on1. The smallest absolute Gasteiger partial charge is 0.293 e. The number of aromatic nitrogens is 1. The van der Waals surface area contributed by atoms with Gasteiger partial charge in [0.25, 0.3) is 11.8 Å². The first-order valence-electron chi connectivity index (χ1n) is 6.83. The second-order valence-corrected chi connectivity index (χ2v) is 5.15. The van der Waals surface area contributed by atoms with Crippen molar-refractivity contribution in [3.63, 3.8) is 0 Å². The van der Waals surface area contributed by atoms with Crippen LogP contribution in [0.4, 0.5) is 4.39 Å². The van der Waals surface area contributed by atoms with Crippen molar-refractivity contribution in [2.24, 2.45) is 0 Å². The second kappa shape index (κ2) is 5.76. The van der Waals surface area contributed by atoms with Crippen molar-refractivity contribution in [2.45, 2.75) is 18.6 Å². The molecule has 6 nitrogen and oxygen atoms in total. The molecule has 1 saturated heterocycles. The van der Waals surface area contributed by atoms with Gasteiger partial charge in [0.15, 0.2) is 0 Å². The molecule has 2 aromatic rings. The Morgan fingerprint density at radius 1 is 1.50 bits per heavy atom. The van der Waals surface area contributed by atoms with Crippen molar-refractivity contribution in [3.8, 4) is 5.88 Å². The molecule has 1 fully saturated rings. The molecule has 1 aliphatic heterocycles. The summed E-state index contributed by atoms with van der Waals surface area (Å²) < 4.78 is 23.2. The Morgan fingerprint density at radius 2 is 2.32 bits per heavy atom. The zero-order valence-electron chi connectivity index (χ0n) is 11.9. The molecule has 1 amide bonds. The van der Waals surface area contributed by atoms with Crippen LogP contribution in [-0.2, 0) is 0 Å². The Bertz CT molecular complexity index is 688. The van der Waals surface area contributed by atoms with Crippen molar-refractivity contribution in [3.05, 3.63) is 47.5 Å². The maximum Gasteiger partial charge on any atom is 0.293 e. The number of halogens is 1. The Hall–Kier alpha value is -2.41. The Morgan fingerprint density at radius 3 is 3.00 bits per heavy atom. The first-order chi connectivity index (χ1) is 10.6. The van der Waals surface area contributed by atoms with Gasteiger partial charge < -0.3 is 19.3 Å². The van der Waals surface area contributed by atoms with E-state index in [0.717, 1.165) is 0 Å². The number of β-amino-alcohol motifs (C(OH)–C–C–N with tert-alkyl or cyclic N) is 1. The summed E-state index contributed by atoms with van der Waals surface area (Å²) in [5.74, 6) is -0.577. The molecule has 1 aromatic carbocycles. The second-order valence-electron chi connectivity index (χ2n) is 5.15. The molecule has 0 aliphatic carbocycles. The molecule has 1 N–H and O–H groups in total. The van der Waals surface area contributed by atoms with Crippen molar-refractivity contribution in [2.75, 3.05) is 13.7 Å². The van der Waals surface area contributed by atoms with Gasteiger partial charge >= 0.3 is 0 Å². The number of aliphatic hydroxyl groups excluding tert-OH is 1. The molecule has 116 valence electrons. The molecule has 1 aromatic heterocycles. The van der Waals surface area contributed by atoms with E-state index < -0.39 is 18.1 Å². The van der Waals surface area contributed by atoms with Crippen LogP contribution in [0.25, 0.3) is 0 Å². The molecule has 22 heavy (non-hydrogen) atoms. The summed E-state index contributed by atoms with van der Waals surface area (Å²) in [6, 6.07) is 6.99. The van der Waals surface area contributed by atoms with Crippen LogP contribution in [0.3, 0.4) is 0 Å². The van der Waals surface area contributed by atoms with Crippen molar-refractivity contribution in [1.29, 1.82) is 0 Å². The van der Waals surface area contributed by atoms with Crippen LogP contribution in [0, 0.1) is 5.82 Å². The van der Waals surface area contributed by atoms with E-state index in [1.54, 1.807) is 12.1 Å². The van der Waals surface area contributed by atoms with Crippen LogP contribution in [-0.4, -0.2) is 40.8 Å². The van der Waals surface area contributed by atoms with Gasteiger partial charge in [0, 0.05) is 6.54 Å². The number of aliphatic hydroxyl groups is 1. The number of carbonyl (C=O) groups is 1. The van der Waals surface area contributed by atoms with E-state index in [9.17, 15) is 14.3 Å². The van der Waals surface area contributed by atoms with Crippen molar-refractivity contribution < 1.29 is 23.6 Å². The highest BCUT2D eigenvalue weighted by molar-refractivity contribution is 5.92. The van der Waals surface area contributed by atoms with Crippen LogP contribution >= 0.6 is 0 Å². The minimum atomic E-state index is -0.665. The third-order valence-electron chi connectivity index (χ3n) is 3.68. The van der Waals surface area contributed by atoms with Gasteiger partial charge in [0.05, 0.1) is 25.3 Å². The van der Waals surface area contributed by atoms with E-state index in [-0.39, 0.29) is 24.0 Å². The Kier molecular flexibility index (Phi) is 3.81. The number of hydrogen-bond acceptors (Lipinski definition) is 5. The Labute approximate surface area is 126 Å². The van der Waals surface area contributed by atoms with E-state index in [0.29, 0.717) is 12.0 Å². The first kappa shape index (κ1) is 14.5. The highest BCUT2D eigenvalue weighted by atomic mass is 19.1. The molecule has 0 saturated carbocycles. The van der Waals surface area contributed by atoms with Crippen LogP contribution < -0.4 is 4.74 Å². The van der Waals surface area contributed by atoms with Crippen LogP contribution in [0.1, 0.15) is 28.6 Å². The minimum Gasteiger partial charge on any atom is -0.479 e. The van der Waals surface area contributed by atoms with Crippen LogP contribution in [0.2, 0.25) is 0 Å². The molecule has 7 heteroatoms. The zero-order valence-corrected chi connectivity index (χ0v) is 11.9. The van der Waals surface area contributed by atoms with Crippen LogP contribution in [0.15, 0.2) is 34.9 Å². The molecule has 0 unspecified atom stereocenters. The van der Waals surface area contributed by atoms with Gasteiger partial charge in [0.2, 0.25) is 5.76 Å². The standard InChI is InChI=1S/C15H15FN2O4/c1-21-14-7-13(22-17-14)15(20)18-8-11(19)6-12(18)9-3-2-4-10(16)5-9/h2-5,7,11-12,19H,6,8H2,1H3/t11-,12+/m1/s1. The zero-order chi connectivity index (χ0) is 15.7. The number of benzene rings is 1. The molecular formula is C15H15FN2O4. The third kappa shape index (κ3) is 2.67. The molecular weight excluding hydrogens is 291 g/mol. The highest BCUT2D eigenvalue weighted by Gasteiger charge is 2.37. The number of ether oxygens (including phenoxy) is 1. The molecule has 3 rings (SSSR count). The van der Waals surface area contributed by atoms with E-state index in [1.807, 2.05) is 0 Å². The maximum atomic E-state index is 13.4. The lowest BCUT2D eigenvalue weighted by Gasteiger charge is -2.23. The van der Waals surface area contributed by atoms with Gasteiger partial charge in [-0.1, -0.05) is 12.1 Å². The fourth-order valence-corrected chi connectivity index (χ4v) is 2.67. The van der Waals surface area contributed by atoms with Gasteiger partial charge in [-0.2, -0.15) is 0 Å². The molecule has 0 radical (unpaired) electrons. The fraction of sp³-hybridized carbons (Fsp3) is 0.333. The quantitative estimate of drug-likeness (QED) is 0.935. The first-order valence-corrected chi connectivity index (χ1v) is 6.83. The average molecular weight is 306 g/mol. The maximum absolute atomic E-state index is 13.4. The Balaban J connectivity index is 1.88. The molecule has 2 heterocycles. The van der Waals surface area contributed by atoms with E-state index >= 15 is 0 Å². The van der Waals surface area contributed by atoms with E-state index in [4.69, 9.17) is 9.26 Å². The minimum absolute atomic E-state index is 0.0207. The number of hydrogen-bond donors (Lipinski definition) is 1. The summed E-state index contributed by atoms with van der Waals surface area (Å²) in [5, 5.41) is 13.5. The number of amides is 1. The summed E-state index contributed by atoms with van der Waals surface area (Å²) in [5.41, 5.74) is 0.636. The van der Waals surface area contributed by atoms with Gasteiger partial charge in [-0.05, 0) is 29.3 Å². The largest absolute Gasteiger partial charge is 0.479 e. The third-order valence-corrected chi connectivity index (χ3v) is 3.68. The number of likely N-dealkylation sites (tertiary alicyclic amines) is 1.